The molecule has 0 saturated heterocycles. The standard InChI is InChI=1S/C21H38OSi/c1-7-16-20(22-23(5,6)21(2,3)4)19-17-14-12-10-8-9-11-13-15-18-19/h1,14,17,19-20H,8-13,15-16,18H2,2-6H3/b17-14+. The second kappa shape index (κ2) is 9.70. The van der Waals surface area contributed by atoms with E-state index in [4.69, 9.17) is 10.8 Å². The zero-order chi connectivity index (χ0) is 17.3. The van der Waals surface area contributed by atoms with E-state index in [2.05, 4.69) is 51.9 Å². The van der Waals surface area contributed by atoms with Gasteiger partial charge in [-0.05, 0) is 37.4 Å². The van der Waals surface area contributed by atoms with Crippen LogP contribution >= 0.6 is 0 Å². The lowest BCUT2D eigenvalue weighted by Crippen LogP contribution is -2.45. The average molecular weight is 335 g/mol. The zero-order valence-corrected chi connectivity index (χ0v) is 17.2. The second-order valence-electron chi connectivity index (χ2n) is 8.62. The lowest BCUT2D eigenvalue weighted by Gasteiger charge is -2.40. The Morgan fingerprint density at radius 3 is 2.35 bits per heavy atom. The summed E-state index contributed by atoms with van der Waals surface area (Å²) in [4.78, 5) is 0. The molecule has 0 saturated carbocycles. The van der Waals surface area contributed by atoms with Gasteiger partial charge in [-0.2, -0.15) is 0 Å². The molecule has 23 heavy (non-hydrogen) atoms. The molecule has 0 radical (unpaired) electrons. The van der Waals surface area contributed by atoms with Gasteiger partial charge in [0.25, 0.3) is 0 Å². The van der Waals surface area contributed by atoms with E-state index in [1.54, 1.807) is 0 Å². The molecule has 0 heterocycles. The van der Waals surface area contributed by atoms with Crippen molar-refractivity contribution in [2.75, 3.05) is 0 Å². The monoisotopic (exact) mass is 334 g/mol. The molecule has 0 N–H and O–H groups in total. The van der Waals surface area contributed by atoms with Gasteiger partial charge in [-0.25, -0.2) is 0 Å². The minimum Gasteiger partial charge on any atom is -0.412 e. The number of rotatable bonds is 4. The summed E-state index contributed by atoms with van der Waals surface area (Å²) >= 11 is 0. The largest absolute Gasteiger partial charge is 0.412 e. The van der Waals surface area contributed by atoms with Gasteiger partial charge in [0.05, 0.1) is 6.10 Å². The van der Waals surface area contributed by atoms with Crippen molar-refractivity contribution in [3.05, 3.63) is 12.2 Å². The minimum atomic E-state index is -1.78. The van der Waals surface area contributed by atoms with E-state index in [1.165, 1.54) is 51.4 Å². The van der Waals surface area contributed by atoms with Crippen molar-refractivity contribution in [1.29, 1.82) is 0 Å². The van der Waals surface area contributed by atoms with Crippen LogP contribution in [0.5, 0.6) is 0 Å². The molecule has 0 fully saturated rings. The summed E-state index contributed by atoms with van der Waals surface area (Å²) in [5.74, 6) is 3.36. The molecule has 1 nitrogen and oxygen atoms in total. The highest BCUT2D eigenvalue weighted by molar-refractivity contribution is 6.74. The number of terminal acetylenes is 1. The SMILES string of the molecule is C#CCC(O[Si](C)(C)C(C)(C)C)C1/C=C/CCCCCCCC1. The molecular formula is C21H38OSi. The second-order valence-corrected chi connectivity index (χ2v) is 13.4. The van der Waals surface area contributed by atoms with Crippen molar-refractivity contribution in [3.8, 4) is 12.3 Å². The highest BCUT2D eigenvalue weighted by atomic mass is 28.4. The predicted octanol–water partition coefficient (Wildman–Crippen LogP) is 6.71. The fourth-order valence-corrected chi connectivity index (χ4v) is 4.35. The topological polar surface area (TPSA) is 9.23 Å². The Kier molecular flexibility index (Phi) is 8.65. The van der Waals surface area contributed by atoms with Crippen molar-refractivity contribution in [2.45, 2.75) is 103 Å². The van der Waals surface area contributed by atoms with E-state index in [0.29, 0.717) is 5.92 Å². The first-order valence-corrected chi connectivity index (χ1v) is 12.5. The third-order valence-corrected chi connectivity index (χ3v) is 10.1. The van der Waals surface area contributed by atoms with Crippen LogP contribution in [0.4, 0.5) is 0 Å². The van der Waals surface area contributed by atoms with E-state index in [9.17, 15) is 0 Å². The Morgan fingerprint density at radius 1 is 1.13 bits per heavy atom. The molecule has 0 aromatic carbocycles. The molecular weight excluding hydrogens is 296 g/mol. The summed E-state index contributed by atoms with van der Waals surface area (Å²) in [6.45, 7) is 11.6. The van der Waals surface area contributed by atoms with E-state index in [1.807, 2.05) is 0 Å². The molecule has 1 rings (SSSR count). The van der Waals surface area contributed by atoms with E-state index in [-0.39, 0.29) is 11.1 Å². The highest BCUT2D eigenvalue weighted by Crippen LogP contribution is 2.39. The molecule has 1 aliphatic carbocycles. The molecule has 0 aromatic heterocycles. The summed E-state index contributed by atoms with van der Waals surface area (Å²) in [7, 11) is -1.78. The van der Waals surface area contributed by atoms with Gasteiger partial charge in [0.1, 0.15) is 0 Å². The number of allylic oxidation sites excluding steroid dienone is 1. The molecule has 2 atom stereocenters. The van der Waals surface area contributed by atoms with E-state index < -0.39 is 8.32 Å². The van der Waals surface area contributed by atoms with Gasteiger partial charge in [0, 0.05) is 12.3 Å². The van der Waals surface area contributed by atoms with Crippen LogP contribution < -0.4 is 0 Å². The van der Waals surface area contributed by atoms with Gasteiger partial charge in [-0.1, -0.05) is 65.0 Å². The van der Waals surface area contributed by atoms with Crippen LogP contribution in [0.15, 0.2) is 12.2 Å². The van der Waals surface area contributed by atoms with Gasteiger partial charge in [0.2, 0.25) is 0 Å². The Bertz CT molecular complexity index is 397. The van der Waals surface area contributed by atoms with Gasteiger partial charge >= 0.3 is 0 Å². The predicted molar refractivity (Wildman–Crippen MR) is 105 cm³/mol. The van der Waals surface area contributed by atoms with Crippen LogP contribution in [-0.2, 0) is 4.43 Å². The summed E-state index contributed by atoms with van der Waals surface area (Å²) < 4.78 is 6.73. The van der Waals surface area contributed by atoms with Gasteiger partial charge in [-0.15, -0.1) is 12.3 Å². The molecule has 2 heteroatoms. The van der Waals surface area contributed by atoms with Crippen molar-refractivity contribution in [3.63, 3.8) is 0 Å². The lowest BCUT2D eigenvalue weighted by atomic mass is 9.93. The summed E-state index contributed by atoms with van der Waals surface area (Å²) in [5.41, 5.74) is 0. The van der Waals surface area contributed by atoms with Crippen molar-refractivity contribution >= 4 is 8.32 Å². The van der Waals surface area contributed by atoms with E-state index >= 15 is 0 Å². The zero-order valence-electron chi connectivity index (χ0n) is 16.2. The smallest absolute Gasteiger partial charge is 0.192 e. The van der Waals surface area contributed by atoms with E-state index in [0.717, 1.165) is 6.42 Å². The summed E-state index contributed by atoms with van der Waals surface area (Å²) in [6.07, 6.45) is 22.0. The summed E-state index contributed by atoms with van der Waals surface area (Å²) in [5, 5.41) is 0.233. The molecule has 0 aromatic rings. The first-order chi connectivity index (χ1) is 10.8. The van der Waals surface area contributed by atoms with Crippen LogP contribution in [0.25, 0.3) is 0 Å². The average Bonchev–Trinajstić information content (AvgIpc) is 2.50. The maximum atomic E-state index is 6.73. The first-order valence-electron chi connectivity index (χ1n) is 9.56. The fourth-order valence-electron chi connectivity index (χ4n) is 2.98. The summed E-state index contributed by atoms with van der Waals surface area (Å²) in [6, 6.07) is 0. The molecule has 0 aliphatic heterocycles. The number of hydrogen-bond acceptors (Lipinski definition) is 1. The molecule has 132 valence electrons. The third kappa shape index (κ3) is 7.27. The van der Waals surface area contributed by atoms with Gasteiger partial charge in [-0.3, -0.25) is 0 Å². The quantitative estimate of drug-likeness (QED) is 0.315. The van der Waals surface area contributed by atoms with Crippen LogP contribution in [-0.4, -0.2) is 14.4 Å². The van der Waals surface area contributed by atoms with Crippen molar-refractivity contribution in [2.24, 2.45) is 5.92 Å². The third-order valence-electron chi connectivity index (χ3n) is 5.59. The minimum absolute atomic E-state index is 0.192. The van der Waals surface area contributed by atoms with Crippen LogP contribution in [0.3, 0.4) is 0 Å². The Morgan fingerprint density at radius 2 is 1.74 bits per heavy atom. The van der Waals surface area contributed by atoms with Gasteiger partial charge in [0.15, 0.2) is 8.32 Å². The molecule has 2 unspecified atom stereocenters. The molecule has 0 amide bonds. The fraction of sp³-hybridized carbons (Fsp3) is 0.810. The maximum Gasteiger partial charge on any atom is 0.192 e. The lowest BCUT2D eigenvalue weighted by molar-refractivity contribution is 0.136. The Labute approximate surface area is 146 Å². The molecule has 0 spiro atoms. The van der Waals surface area contributed by atoms with Crippen molar-refractivity contribution < 1.29 is 4.43 Å². The Balaban J connectivity index is 2.84. The molecule has 1 aliphatic rings. The first kappa shape index (κ1) is 20.5. The normalized spacial score (nSPS) is 24.3. The van der Waals surface area contributed by atoms with Gasteiger partial charge < -0.3 is 4.43 Å². The maximum absolute atomic E-state index is 6.73. The Hall–Kier alpha value is -0.523. The highest BCUT2D eigenvalue weighted by Gasteiger charge is 2.40. The number of hydrogen-bond donors (Lipinski definition) is 0. The van der Waals surface area contributed by atoms with Crippen LogP contribution in [0, 0.1) is 18.3 Å². The van der Waals surface area contributed by atoms with Crippen LogP contribution in [0.1, 0.15) is 78.6 Å². The van der Waals surface area contributed by atoms with Crippen LogP contribution in [0.2, 0.25) is 18.1 Å². The molecule has 0 bridgehead atoms. The van der Waals surface area contributed by atoms with Crippen molar-refractivity contribution in [1.82, 2.24) is 0 Å².